The number of imide groups is 1. The van der Waals surface area contributed by atoms with Crippen LogP contribution in [0, 0.1) is 0 Å². The number of anilines is 2. The number of nitrogens with one attached hydrogen (secondary N) is 1. The first-order valence-corrected chi connectivity index (χ1v) is 12.5. The molecule has 0 aliphatic carbocycles. The van der Waals surface area contributed by atoms with Crippen molar-refractivity contribution in [2.24, 2.45) is 0 Å². The Kier molecular flexibility index (Phi) is 6.42. The zero-order valence-corrected chi connectivity index (χ0v) is 19.0. The first-order chi connectivity index (χ1) is 15.3. The van der Waals surface area contributed by atoms with E-state index in [4.69, 9.17) is 4.74 Å². The third kappa shape index (κ3) is 4.46. The minimum atomic E-state index is -3.99. The minimum Gasteiger partial charge on any atom is -0.377 e. The molecule has 3 amide bonds. The van der Waals surface area contributed by atoms with E-state index in [1.807, 2.05) is 0 Å². The van der Waals surface area contributed by atoms with Crippen molar-refractivity contribution in [3.05, 3.63) is 41.8 Å². The van der Waals surface area contributed by atoms with Crippen LogP contribution in [0.3, 0.4) is 0 Å². The molecule has 2 aliphatic heterocycles. The smallest absolute Gasteiger partial charge is 0.253 e. The van der Waals surface area contributed by atoms with Gasteiger partial charge in [-0.2, -0.15) is 4.31 Å². The average Bonchev–Trinajstić information content (AvgIpc) is 3.49. The summed E-state index contributed by atoms with van der Waals surface area (Å²) >= 11 is 1.07. The van der Waals surface area contributed by atoms with Crippen molar-refractivity contribution in [1.82, 2.24) is 4.31 Å². The molecule has 2 unspecified atom stereocenters. The summed E-state index contributed by atoms with van der Waals surface area (Å²) in [5.41, 5.74) is 0.847. The van der Waals surface area contributed by atoms with Gasteiger partial charge in [0.15, 0.2) is 0 Å². The van der Waals surface area contributed by atoms with Gasteiger partial charge in [-0.25, -0.2) is 13.3 Å². The molecule has 1 N–H and O–H groups in total. The van der Waals surface area contributed by atoms with Crippen molar-refractivity contribution in [2.75, 3.05) is 23.4 Å². The van der Waals surface area contributed by atoms with Crippen molar-refractivity contribution in [1.29, 1.82) is 0 Å². The van der Waals surface area contributed by atoms with Gasteiger partial charge < -0.3 is 10.1 Å². The third-order valence-corrected chi connectivity index (χ3v) is 8.63. The lowest BCUT2D eigenvalue weighted by atomic mass is 10.2. The van der Waals surface area contributed by atoms with Gasteiger partial charge in [-0.05, 0) is 48.6 Å². The van der Waals surface area contributed by atoms with Crippen LogP contribution < -0.4 is 10.2 Å². The molecule has 2 fully saturated rings. The second-order valence-electron chi connectivity index (χ2n) is 7.66. The molecule has 4 rings (SSSR count). The zero-order chi connectivity index (χ0) is 22.9. The number of sulfonamides is 1. The normalized spacial score (nSPS) is 21.5. The Morgan fingerprint density at radius 1 is 1.25 bits per heavy atom. The first-order valence-electron chi connectivity index (χ1n) is 10.2. The molecule has 2 aliphatic rings. The number of rotatable bonds is 7. The van der Waals surface area contributed by atoms with Gasteiger partial charge in [0.1, 0.15) is 10.3 Å². The number of ether oxygens (including phenoxy) is 1. The van der Waals surface area contributed by atoms with E-state index in [2.05, 4.69) is 5.32 Å². The van der Waals surface area contributed by atoms with E-state index < -0.39 is 27.9 Å². The zero-order valence-electron chi connectivity index (χ0n) is 17.4. The molecule has 0 saturated carbocycles. The molecule has 11 heteroatoms. The van der Waals surface area contributed by atoms with Crippen LogP contribution in [0.4, 0.5) is 11.4 Å². The predicted octanol–water partition coefficient (Wildman–Crippen LogP) is 2.21. The Bertz CT molecular complexity index is 1110. The minimum absolute atomic E-state index is 0.0131. The summed E-state index contributed by atoms with van der Waals surface area (Å²) in [7, 11) is -3.99. The highest BCUT2D eigenvalue weighted by molar-refractivity contribution is 7.91. The van der Waals surface area contributed by atoms with Crippen molar-refractivity contribution in [2.45, 2.75) is 42.5 Å². The Hall–Kier alpha value is -2.60. The van der Waals surface area contributed by atoms with Gasteiger partial charge >= 0.3 is 0 Å². The van der Waals surface area contributed by atoms with E-state index in [0.717, 1.165) is 27.0 Å². The van der Waals surface area contributed by atoms with Crippen molar-refractivity contribution in [3.63, 3.8) is 0 Å². The monoisotopic (exact) mass is 477 g/mol. The Morgan fingerprint density at radius 2 is 2.00 bits per heavy atom. The maximum atomic E-state index is 13.4. The molecule has 1 aromatic heterocycles. The average molecular weight is 478 g/mol. The third-order valence-electron chi connectivity index (χ3n) is 5.38. The van der Waals surface area contributed by atoms with E-state index in [-0.39, 0.29) is 29.2 Å². The van der Waals surface area contributed by atoms with E-state index in [1.54, 1.807) is 35.7 Å². The van der Waals surface area contributed by atoms with Gasteiger partial charge in [-0.1, -0.05) is 6.07 Å². The molecular weight excluding hydrogens is 454 g/mol. The summed E-state index contributed by atoms with van der Waals surface area (Å²) < 4.78 is 33.6. The van der Waals surface area contributed by atoms with Gasteiger partial charge in [0.05, 0.1) is 18.2 Å². The summed E-state index contributed by atoms with van der Waals surface area (Å²) in [6.45, 7) is 1.93. The van der Waals surface area contributed by atoms with Crippen LogP contribution in [0.25, 0.3) is 0 Å². The number of benzene rings is 1. The molecule has 0 radical (unpaired) electrons. The van der Waals surface area contributed by atoms with E-state index in [0.29, 0.717) is 24.4 Å². The van der Waals surface area contributed by atoms with Crippen molar-refractivity contribution >= 4 is 50.5 Å². The number of nitrogens with zero attached hydrogens (tertiary/aromatic N) is 2. The molecule has 0 bridgehead atoms. The van der Waals surface area contributed by atoms with Gasteiger partial charge in [0.2, 0.25) is 11.8 Å². The van der Waals surface area contributed by atoms with E-state index in [9.17, 15) is 22.8 Å². The lowest BCUT2D eigenvalue weighted by Gasteiger charge is -2.28. The summed E-state index contributed by atoms with van der Waals surface area (Å²) in [4.78, 5) is 38.3. The van der Waals surface area contributed by atoms with Crippen LogP contribution in [0.5, 0.6) is 0 Å². The fourth-order valence-corrected chi connectivity index (χ4v) is 6.65. The maximum Gasteiger partial charge on any atom is 0.253 e. The van der Waals surface area contributed by atoms with Crippen LogP contribution in [-0.4, -0.2) is 55.7 Å². The quantitative estimate of drug-likeness (QED) is 0.612. The number of amides is 3. The van der Waals surface area contributed by atoms with Gasteiger partial charge in [-0.15, -0.1) is 11.3 Å². The van der Waals surface area contributed by atoms with Crippen molar-refractivity contribution < 1.29 is 27.5 Å². The predicted molar refractivity (Wildman–Crippen MR) is 119 cm³/mol. The SMILES string of the molecule is CC(=O)Nc1ccc(N2C(=O)CC(N(CC3CCCO3)S(=O)(=O)c3cccs3)C2=O)cc1. The number of thiophene rings is 1. The van der Waals surface area contributed by atoms with Gasteiger partial charge in [0.25, 0.3) is 15.9 Å². The summed E-state index contributed by atoms with van der Waals surface area (Å²) in [5, 5.41) is 4.27. The molecule has 2 aromatic rings. The van der Waals surface area contributed by atoms with Gasteiger partial charge in [-0.3, -0.25) is 14.4 Å². The van der Waals surface area contributed by atoms with Crippen LogP contribution in [0.15, 0.2) is 46.0 Å². The molecule has 32 heavy (non-hydrogen) atoms. The van der Waals surface area contributed by atoms with Crippen LogP contribution in [0.2, 0.25) is 0 Å². The van der Waals surface area contributed by atoms with Crippen LogP contribution in [-0.2, 0) is 29.1 Å². The lowest BCUT2D eigenvalue weighted by molar-refractivity contribution is -0.122. The highest BCUT2D eigenvalue weighted by atomic mass is 32.2. The maximum absolute atomic E-state index is 13.4. The molecule has 1 aromatic carbocycles. The van der Waals surface area contributed by atoms with E-state index >= 15 is 0 Å². The molecular formula is C21H23N3O6S2. The molecule has 2 saturated heterocycles. The highest BCUT2D eigenvalue weighted by Gasteiger charge is 2.48. The number of hydrogen-bond acceptors (Lipinski definition) is 7. The second-order valence-corrected chi connectivity index (χ2v) is 10.7. The van der Waals surface area contributed by atoms with E-state index in [1.165, 1.54) is 13.0 Å². The standard InChI is InChI=1S/C21H23N3O6S2/c1-14(25)22-15-6-8-16(9-7-15)24-19(26)12-18(21(24)27)23(13-17-4-2-10-30-17)32(28,29)20-5-3-11-31-20/h3,5-9,11,17-18H,2,4,10,12-13H2,1H3,(H,22,25). The summed E-state index contributed by atoms with van der Waals surface area (Å²) in [6.07, 6.45) is 0.948. The molecule has 2 atom stereocenters. The van der Waals surface area contributed by atoms with Crippen molar-refractivity contribution in [3.8, 4) is 0 Å². The second kappa shape index (κ2) is 9.10. The summed E-state index contributed by atoms with van der Waals surface area (Å²) in [5.74, 6) is -1.32. The number of carbonyl (C=O) groups is 3. The fraction of sp³-hybridized carbons (Fsp3) is 0.381. The van der Waals surface area contributed by atoms with Crippen LogP contribution in [0.1, 0.15) is 26.2 Å². The molecule has 9 nitrogen and oxygen atoms in total. The first kappa shape index (κ1) is 22.6. The lowest BCUT2D eigenvalue weighted by Crippen LogP contribution is -2.48. The number of hydrogen-bond donors (Lipinski definition) is 1. The molecule has 3 heterocycles. The molecule has 0 spiro atoms. The van der Waals surface area contributed by atoms with Gasteiger partial charge in [0, 0.05) is 25.8 Å². The Balaban J connectivity index is 1.63. The van der Waals surface area contributed by atoms with Crippen LogP contribution >= 0.6 is 11.3 Å². The highest BCUT2D eigenvalue weighted by Crippen LogP contribution is 2.32. The topological polar surface area (TPSA) is 113 Å². The Labute approximate surface area is 190 Å². The fourth-order valence-electron chi connectivity index (χ4n) is 3.92. The largest absolute Gasteiger partial charge is 0.377 e. The summed E-state index contributed by atoms with van der Waals surface area (Å²) in [6, 6.07) is 8.22. The molecule has 170 valence electrons. The number of carbonyl (C=O) groups excluding carboxylic acids is 3. The Morgan fingerprint density at radius 3 is 2.59 bits per heavy atom.